The van der Waals surface area contributed by atoms with Crippen LogP contribution in [0, 0.1) is 0 Å². The Kier molecular flexibility index (Phi) is 11.5. The Morgan fingerprint density at radius 3 is 1.71 bits per heavy atom. The zero-order valence-electron chi connectivity index (χ0n) is 22.9. The van der Waals surface area contributed by atoms with E-state index in [1.54, 1.807) is 0 Å². The van der Waals surface area contributed by atoms with Crippen molar-refractivity contribution in [1.29, 1.82) is 0 Å². The highest BCUT2D eigenvalue weighted by atomic mass is 16.8. The molecule has 0 aromatic carbocycles. The number of aliphatic hydroxyl groups is 11. The highest BCUT2D eigenvalue weighted by Crippen LogP contribution is 2.35. The van der Waals surface area contributed by atoms with E-state index >= 15 is 0 Å². The van der Waals surface area contributed by atoms with Crippen LogP contribution in [0.4, 0.5) is 0 Å². The van der Waals surface area contributed by atoms with E-state index in [0.717, 1.165) is 0 Å². The molecule has 4 aliphatic heterocycles. The fourth-order valence-electron chi connectivity index (χ4n) is 5.37. The molecule has 246 valence electrons. The fraction of sp³-hybridized carbons (Fsp3) is 1.00. The summed E-state index contributed by atoms with van der Waals surface area (Å²) in [7, 11) is 0. The highest BCUT2D eigenvalue weighted by Gasteiger charge is 2.55. The van der Waals surface area contributed by atoms with Crippen molar-refractivity contribution in [3.63, 3.8) is 0 Å². The van der Waals surface area contributed by atoms with Crippen molar-refractivity contribution >= 4 is 0 Å². The van der Waals surface area contributed by atoms with Crippen LogP contribution < -0.4 is 0 Å². The van der Waals surface area contributed by atoms with Gasteiger partial charge < -0.3 is 89.3 Å². The van der Waals surface area contributed by atoms with Gasteiger partial charge in [0.05, 0.1) is 31.5 Å². The van der Waals surface area contributed by atoms with E-state index in [9.17, 15) is 56.2 Å². The van der Waals surface area contributed by atoms with Crippen molar-refractivity contribution in [3.05, 3.63) is 0 Å². The first-order valence-electron chi connectivity index (χ1n) is 13.7. The molecule has 11 N–H and O–H groups in total. The Hall–Kier alpha value is -0.720. The molecule has 0 aromatic rings. The smallest absolute Gasteiger partial charge is 0.187 e. The molecule has 4 aliphatic rings. The quantitative estimate of drug-likeness (QED) is 0.120. The summed E-state index contributed by atoms with van der Waals surface area (Å²) >= 11 is 0. The van der Waals surface area contributed by atoms with E-state index in [-0.39, 0.29) is 6.42 Å². The maximum absolute atomic E-state index is 11.1. The minimum Gasteiger partial charge on any atom is -0.394 e. The number of hydrogen-bond donors (Lipinski definition) is 11. The molecule has 0 aliphatic carbocycles. The topological polar surface area (TPSA) is 287 Å². The van der Waals surface area contributed by atoms with Gasteiger partial charge in [0, 0.05) is 6.42 Å². The van der Waals surface area contributed by atoms with E-state index in [4.69, 9.17) is 33.2 Å². The second-order valence-electron chi connectivity index (χ2n) is 11.0. The van der Waals surface area contributed by atoms with Gasteiger partial charge in [-0.15, -0.1) is 0 Å². The maximum atomic E-state index is 11.1. The van der Waals surface area contributed by atoms with Gasteiger partial charge in [0.15, 0.2) is 25.2 Å². The molecule has 19 atom stereocenters. The Balaban J connectivity index is 1.66. The second-order valence-corrected chi connectivity index (χ2v) is 11.0. The fourth-order valence-corrected chi connectivity index (χ4v) is 5.37. The van der Waals surface area contributed by atoms with Gasteiger partial charge in [0.25, 0.3) is 0 Å². The largest absolute Gasteiger partial charge is 0.394 e. The van der Waals surface area contributed by atoms with Gasteiger partial charge in [0.1, 0.15) is 73.2 Å². The second kappa shape index (κ2) is 14.1. The molecule has 4 heterocycles. The van der Waals surface area contributed by atoms with Crippen LogP contribution in [0.3, 0.4) is 0 Å². The van der Waals surface area contributed by atoms with Gasteiger partial charge in [-0.3, -0.25) is 0 Å². The standard InChI is InChI=1S/C24H42O18/c1-6-8(27)3-9(28)22(37-6)41-19-13(30)11(5-26)39-24(40-18-7(2)36-21(35)16(33)15(18)32)20(19)42-23-17(34)14(31)12(29)10(4-25)38-23/h6-35H,3-5H2,1-2H3/t6-,7+,8+,9+,10-,11-,12+,13-,14+,15+,16-,17-,18+,19+,20+,21-,22-,23-,24-/m1/s1. The van der Waals surface area contributed by atoms with Gasteiger partial charge in [-0.05, 0) is 13.8 Å². The van der Waals surface area contributed by atoms with Crippen LogP contribution in [0.2, 0.25) is 0 Å². The summed E-state index contributed by atoms with van der Waals surface area (Å²) in [5.41, 5.74) is 0. The zero-order valence-corrected chi connectivity index (χ0v) is 22.9. The van der Waals surface area contributed by atoms with E-state index in [0.29, 0.717) is 0 Å². The minimum absolute atomic E-state index is 0.157. The van der Waals surface area contributed by atoms with Crippen LogP contribution in [0.25, 0.3) is 0 Å². The molecule has 42 heavy (non-hydrogen) atoms. The molecule has 4 rings (SSSR count). The van der Waals surface area contributed by atoms with Gasteiger partial charge in [-0.2, -0.15) is 0 Å². The molecule has 4 saturated heterocycles. The van der Waals surface area contributed by atoms with Crippen molar-refractivity contribution in [2.24, 2.45) is 0 Å². The minimum atomic E-state index is -1.91. The number of rotatable bonds is 8. The summed E-state index contributed by atoms with van der Waals surface area (Å²) in [5, 5.41) is 113. The molecule has 0 spiro atoms. The van der Waals surface area contributed by atoms with Crippen LogP contribution in [0.15, 0.2) is 0 Å². The Morgan fingerprint density at radius 1 is 0.500 bits per heavy atom. The predicted octanol–water partition coefficient (Wildman–Crippen LogP) is -6.66. The number of ether oxygens (including phenoxy) is 7. The first-order chi connectivity index (χ1) is 19.8. The molecule has 0 bridgehead atoms. The van der Waals surface area contributed by atoms with E-state index in [1.165, 1.54) is 13.8 Å². The third kappa shape index (κ3) is 6.91. The third-order valence-electron chi connectivity index (χ3n) is 8.00. The lowest BCUT2D eigenvalue weighted by Crippen LogP contribution is -2.67. The molecule has 0 radical (unpaired) electrons. The normalized spacial score (nSPS) is 54.1. The van der Waals surface area contributed by atoms with Gasteiger partial charge >= 0.3 is 0 Å². The first-order valence-corrected chi connectivity index (χ1v) is 13.7. The summed E-state index contributed by atoms with van der Waals surface area (Å²) in [4.78, 5) is 0. The molecule has 0 amide bonds. The predicted molar refractivity (Wildman–Crippen MR) is 130 cm³/mol. The van der Waals surface area contributed by atoms with Crippen molar-refractivity contribution in [3.8, 4) is 0 Å². The van der Waals surface area contributed by atoms with E-state index in [1.807, 2.05) is 0 Å². The summed E-state index contributed by atoms with van der Waals surface area (Å²) < 4.78 is 39.6. The van der Waals surface area contributed by atoms with Gasteiger partial charge in [-0.1, -0.05) is 0 Å². The average Bonchev–Trinajstić information content (AvgIpc) is 2.95. The molecule has 0 unspecified atom stereocenters. The maximum Gasteiger partial charge on any atom is 0.187 e. The van der Waals surface area contributed by atoms with Crippen molar-refractivity contribution < 1.29 is 89.3 Å². The molecule has 0 saturated carbocycles. The lowest BCUT2D eigenvalue weighted by Gasteiger charge is -2.50. The molecule has 4 fully saturated rings. The van der Waals surface area contributed by atoms with Crippen LogP contribution >= 0.6 is 0 Å². The van der Waals surface area contributed by atoms with Crippen LogP contribution in [-0.4, -0.2) is 186 Å². The lowest BCUT2D eigenvalue weighted by molar-refractivity contribution is -0.401. The zero-order chi connectivity index (χ0) is 31.0. The molecule has 18 nitrogen and oxygen atoms in total. The van der Waals surface area contributed by atoms with Crippen LogP contribution in [0.1, 0.15) is 20.3 Å². The summed E-state index contributed by atoms with van der Waals surface area (Å²) in [5.74, 6) is 0. The Morgan fingerprint density at radius 2 is 1.07 bits per heavy atom. The Labute approximate surface area is 240 Å². The number of aliphatic hydroxyl groups excluding tert-OH is 11. The highest BCUT2D eigenvalue weighted by molar-refractivity contribution is 4.97. The Bertz CT molecular complexity index is 852. The van der Waals surface area contributed by atoms with E-state index in [2.05, 4.69) is 0 Å². The van der Waals surface area contributed by atoms with E-state index < -0.39 is 130 Å². The summed E-state index contributed by atoms with van der Waals surface area (Å²) in [6.45, 7) is 1.35. The third-order valence-corrected chi connectivity index (χ3v) is 8.00. The average molecular weight is 619 g/mol. The molecule has 0 aromatic heterocycles. The van der Waals surface area contributed by atoms with Crippen molar-refractivity contribution in [1.82, 2.24) is 0 Å². The SMILES string of the molecule is C[C@@H]1O[C@@H](O)[C@H](O)[C@H](O)[C@H]1O[C@H]1O[C@H](CO)[C@@H](O)[C@H](O[C@H]2O[C@H](C)[C@@H](O)C[C@@H]2O)[C@@H]1O[C@H]1O[C@H](CO)[C@H](O)[C@H](O)[C@H]1O. The van der Waals surface area contributed by atoms with Gasteiger partial charge in [0.2, 0.25) is 0 Å². The first kappa shape index (κ1) is 34.2. The number of hydrogen-bond acceptors (Lipinski definition) is 18. The molecular formula is C24H42O18. The molecule has 18 heteroatoms. The molecular weight excluding hydrogens is 576 g/mol. The monoisotopic (exact) mass is 618 g/mol. The van der Waals surface area contributed by atoms with Crippen molar-refractivity contribution in [2.45, 2.75) is 137 Å². The van der Waals surface area contributed by atoms with Crippen LogP contribution in [-0.2, 0) is 33.2 Å². The van der Waals surface area contributed by atoms with Crippen molar-refractivity contribution in [2.75, 3.05) is 13.2 Å². The summed E-state index contributed by atoms with van der Waals surface area (Å²) in [6.07, 6.45) is -29.4. The van der Waals surface area contributed by atoms with Crippen LogP contribution in [0.5, 0.6) is 0 Å². The lowest BCUT2D eigenvalue weighted by atomic mass is 9.95. The summed E-state index contributed by atoms with van der Waals surface area (Å²) in [6, 6.07) is 0. The van der Waals surface area contributed by atoms with Gasteiger partial charge in [-0.25, -0.2) is 0 Å².